The zero-order valence-corrected chi connectivity index (χ0v) is 13.8. The molecule has 12 heteroatoms. The van der Waals surface area contributed by atoms with Gasteiger partial charge in [-0.2, -0.15) is 21.6 Å². The molecule has 3 rings (SSSR count). The fraction of sp³-hybridized carbons (Fsp3) is 0.462. The summed E-state index contributed by atoms with van der Waals surface area (Å²) in [6.45, 7) is 1.75. The van der Waals surface area contributed by atoms with E-state index in [2.05, 4.69) is 9.28 Å². The third-order valence-electron chi connectivity index (χ3n) is 4.08. The predicted octanol–water partition coefficient (Wildman–Crippen LogP) is 0.833. The lowest BCUT2D eigenvalue weighted by Gasteiger charge is -2.16. The third-order valence-corrected chi connectivity index (χ3v) is 5.02. The van der Waals surface area contributed by atoms with Crippen molar-refractivity contribution in [3.63, 3.8) is 0 Å². The molecule has 1 aliphatic rings. The van der Waals surface area contributed by atoms with E-state index in [1.165, 1.54) is 4.57 Å². The van der Waals surface area contributed by atoms with Crippen LogP contribution in [0.1, 0.15) is 19.8 Å². The zero-order chi connectivity index (χ0) is 18.8. The number of aryl methyl sites for hydroxylation is 1. The summed E-state index contributed by atoms with van der Waals surface area (Å²) in [7, 11) is -4.88. The van der Waals surface area contributed by atoms with Crippen LogP contribution in [0.25, 0.3) is 10.8 Å². The second-order valence-corrected chi connectivity index (χ2v) is 7.56. The Bertz CT molecular complexity index is 1100. The van der Waals surface area contributed by atoms with Crippen LogP contribution in [0.15, 0.2) is 21.9 Å². The van der Waals surface area contributed by atoms with Crippen LogP contribution in [-0.4, -0.2) is 28.3 Å². The first-order valence-corrected chi connectivity index (χ1v) is 8.41. The van der Waals surface area contributed by atoms with Crippen molar-refractivity contribution >= 4 is 20.9 Å². The lowest BCUT2D eigenvalue weighted by atomic mass is 10.2. The second kappa shape index (κ2) is 5.07. The van der Waals surface area contributed by atoms with E-state index in [9.17, 15) is 31.2 Å². The summed E-state index contributed by atoms with van der Waals surface area (Å²) < 4.78 is 66.2. The largest absolute Gasteiger partial charge is 0.534 e. The molecular formula is C13H12F3N3O5S. The quantitative estimate of drug-likeness (QED) is 0.579. The van der Waals surface area contributed by atoms with Crippen LogP contribution < -0.4 is 15.3 Å². The molecule has 0 radical (unpaired) electrons. The molecular weight excluding hydrogens is 367 g/mol. The first kappa shape index (κ1) is 17.5. The Balaban J connectivity index is 2.30. The summed E-state index contributed by atoms with van der Waals surface area (Å²) in [5.41, 5.74) is -7.49. The Morgan fingerprint density at radius 2 is 1.84 bits per heavy atom. The van der Waals surface area contributed by atoms with E-state index in [1.807, 2.05) is 0 Å². The van der Waals surface area contributed by atoms with Gasteiger partial charge in [0.15, 0.2) is 0 Å². The molecule has 1 saturated carbocycles. The van der Waals surface area contributed by atoms with Gasteiger partial charge in [0, 0.05) is 24.8 Å². The van der Waals surface area contributed by atoms with Crippen LogP contribution in [-0.2, 0) is 22.7 Å². The van der Waals surface area contributed by atoms with Gasteiger partial charge in [0.2, 0.25) is 0 Å². The molecule has 0 aliphatic heterocycles. The number of hydrogen-bond donors (Lipinski definition) is 0. The molecule has 1 aliphatic carbocycles. The topological polar surface area (TPSA) is 100 Å². The molecule has 0 amide bonds. The summed E-state index contributed by atoms with van der Waals surface area (Å²) in [5, 5.41) is 2.89. The Morgan fingerprint density at radius 3 is 2.36 bits per heavy atom. The van der Waals surface area contributed by atoms with E-state index in [1.54, 1.807) is 6.92 Å². The minimum absolute atomic E-state index is 0.282. The summed E-state index contributed by atoms with van der Waals surface area (Å²) in [4.78, 5) is 24.3. The van der Waals surface area contributed by atoms with Crippen LogP contribution in [0.4, 0.5) is 13.2 Å². The zero-order valence-electron chi connectivity index (χ0n) is 13.0. The highest BCUT2D eigenvalue weighted by Crippen LogP contribution is 2.42. The van der Waals surface area contributed by atoms with Gasteiger partial charge in [-0.25, -0.2) is 4.68 Å². The van der Waals surface area contributed by atoms with Crippen molar-refractivity contribution in [1.82, 2.24) is 14.3 Å². The van der Waals surface area contributed by atoms with E-state index < -0.39 is 38.2 Å². The summed E-state index contributed by atoms with van der Waals surface area (Å²) in [5.74, 6) is -0.924. The fourth-order valence-corrected chi connectivity index (χ4v) is 2.77. The monoisotopic (exact) mass is 379 g/mol. The van der Waals surface area contributed by atoms with Crippen molar-refractivity contribution < 1.29 is 25.8 Å². The van der Waals surface area contributed by atoms with Gasteiger partial charge < -0.3 is 8.75 Å². The number of halogens is 3. The van der Waals surface area contributed by atoms with E-state index in [0.29, 0.717) is 17.5 Å². The van der Waals surface area contributed by atoms with Crippen LogP contribution in [0.2, 0.25) is 0 Å². The van der Waals surface area contributed by atoms with Gasteiger partial charge in [-0.1, -0.05) is 0 Å². The van der Waals surface area contributed by atoms with Gasteiger partial charge in [-0.3, -0.25) is 9.59 Å². The highest BCUT2D eigenvalue weighted by Gasteiger charge is 2.49. The molecule has 0 atom stereocenters. The molecule has 1 fully saturated rings. The number of rotatable bonds is 3. The van der Waals surface area contributed by atoms with E-state index in [-0.39, 0.29) is 10.8 Å². The normalized spacial score (nSPS) is 16.8. The molecule has 0 N–H and O–H groups in total. The van der Waals surface area contributed by atoms with Crippen molar-refractivity contribution in [2.75, 3.05) is 0 Å². The maximum atomic E-state index is 12.6. The second-order valence-electron chi connectivity index (χ2n) is 6.02. The predicted molar refractivity (Wildman–Crippen MR) is 79.7 cm³/mol. The van der Waals surface area contributed by atoms with Crippen molar-refractivity contribution in [2.45, 2.75) is 30.8 Å². The highest BCUT2D eigenvalue weighted by atomic mass is 32.2. The number of nitrogens with zero attached hydrogens (tertiary/aromatic N) is 3. The van der Waals surface area contributed by atoms with E-state index in [4.69, 9.17) is 0 Å². The van der Waals surface area contributed by atoms with E-state index in [0.717, 1.165) is 19.3 Å². The Kier molecular flexibility index (Phi) is 3.54. The van der Waals surface area contributed by atoms with Gasteiger partial charge in [0.25, 0.3) is 17.0 Å². The smallest absolute Gasteiger partial charge is 0.353 e. The molecule has 0 spiro atoms. The van der Waals surface area contributed by atoms with Gasteiger partial charge in [0.1, 0.15) is 0 Å². The lowest BCUT2D eigenvalue weighted by molar-refractivity contribution is -0.0501. The average molecular weight is 379 g/mol. The molecule has 2 heterocycles. The summed E-state index contributed by atoms with van der Waals surface area (Å²) >= 11 is 0. The summed E-state index contributed by atoms with van der Waals surface area (Å²) in [6, 6.07) is 0.940. The van der Waals surface area contributed by atoms with Crippen LogP contribution in [0, 0.1) is 0 Å². The number of hydrogen-bond acceptors (Lipinski definition) is 6. The maximum Gasteiger partial charge on any atom is 0.534 e. The molecule has 2 aromatic heterocycles. The summed E-state index contributed by atoms with van der Waals surface area (Å²) in [6.07, 6.45) is 2.43. The molecule has 0 unspecified atom stereocenters. The van der Waals surface area contributed by atoms with Gasteiger partial charge >= 0.3 is 15.6 Å². The minimum Gasteiger partial charge on any atom is -0.353 e. The number of aromatic nitrogens is 3. The molecule has 0 saturated heterocycles. The van der Waals surface area contributed by atoms with Crippen LogP contribution in [0.3, 0.4) is 0 Å². The Morgan fingerprint density at radius 1 is 1.24 bits per heavy atom. The third kappa shape index (κ3) is 2.79. The number of fused-ring (bicyclic) bond motifs is 1. The molecule has 2 aromatic rings. The van der Waals surface area contributed by atoms with Crippen molar-refractivity contribution in [2.24, 2.45) is 7.05 Å². The van der Waals surface area contributed by atoms with Crippen molar-refractivity contribution in [3.8, 4) is 5.88 Å². The van der Waals surface area contributed by atoms with Crippen LogP contribution in [0.5, 0.6) is 5.88 Å². The molecule has 0 bridgehead atoms. The van der Waals surface area contributed by atoms with Gasteiger partial charge in [-0.15, -0.1) is 5.10 Å². The lowest BCUT2D eigenvalue weighted by Crippen LogP contribution is -2.32. The van der Waals surface area contributed by atoms with E-state index >= 15 is 0 Å². The fourth-order valence-electron chi connectivity index (χ4n) is 2.35. The van der Waals surface area contributed by atoms with Crippen molar-refractivity contribution in [1.29, 1.82) is 0 Å². The maximum absolute atomic E-state index is 12.6. The Hall–Kier alpha value is -2.37. The minimum atomic E-state index is -5.98. The Labute approximate surface area is 138 Å². The van der Waals surface area contributed by atoms with Gasteiger partial charge in [-0.05, 0) is 19.8 Å². The van der Waals surface area contributed by atoms with Crippen LogP contribution >= 0.6 is 0 Å². The highest BCUT2D eigenvalue weighted by molar-refractivity contribution is 7.88. The standard InChI is InChI=1S/C13H12F3N3O5S/c1-12(3-4-12)19-6-8-7(5-9(19)20)11(21)18(2)17-10(8)24-25(22,23)13(14,15)16/h5-6H,3-4H2,1-2H3. The number of pyridine rings is 1. The van der Waals surface area contributed by atoms with Gasteiger partial charge in [0.05, 0.1) is 10.8 Å². The first-order chi connectivity index (χ1) is 11.4. The first-order valence-electron chi connectivity index (χ1n) is 7.01. The van der Waals surface area contributed by atoms with Crippen molar-refractivity contribution in [3.05, 3.63) is 33.0 Å². The average Bonchev–Trinajstić information content (AvgIpc) is 3.21. The SMILES string of the molecule is Cn1nc(OS(=O)(=O)C(F)(F)F)c2cn(C3(C)CC3)c(=O)cc2c1=O. The molecule has 8 nitrogen and oxygen atoms in total. The number of alkyl halides is 3. The molecule has 25 heavy (non-hydrogen) atoms. The molecule has 0 aromatic carbocycles. The molecule has 136 valence electrons.